The quantitative estimate of drug-likeness (QED) is 0.654. The van der Waals surface area contributed by atoms with Crippen molar-refractivity contribution < 1.29 is 8.83 Å². The van der Waals surface area contributed by atoms with E-state index in [2.05, 4.69) is 4.98 Å². The zero-order valence-corrected chi connectivity index (χ0v) is 7.61. The molecule has 1 aliphatic rings. The first kappa shape index (κ1) is 7.15. The minimum absolute atomic E-state index is 0.444. The van der Waals surface area contributed by atoms with Gasteiger partial charge in [-0.15, -0.1) is 0 Å². The second-order valence-electron chi connectivity index (χ2n) is 3.07. The summed E-state index contributed by atoms with van der Waals surface area (Å²) in [5, 5.41) is 0. The minimum atomic E-state index is 0.444. The molecule has 4 heteroatoms. The molecule has 0 aliphatic heterocycles. The first-order valence-corrected chi connectivity index (χ1v) is 4.54. The topological polar surface area (TPSA) is 42.1 Å². The van der Waals surface area contributed by atoms with Crippen LogP contribution in [0.25, 0.3) is 11.3 Å². The SMILES string of the molecule is S=c1[nH]c2c(o1)CCc1occc1-2. The van der Waals surface area contributed by atoms with E-state index in [-0.39, 0.29) is 0 Å². The normalized spacial score (nSPS) is 13.8. The van der Waals surface area contributed by atoms with Crippen molar-refractivity contribution in [3.05, 3.63) is 28.7 Å². The summed E-state index contributed by atoms with van der Waals surface area (Å²) >= 11 is 4.93. The third kappa shape index (κ3) is 0.920. The summed E-state index contributed by atoms with van der Waals surface area (Å²) in [6.07, 6.45) is 3.46. The molecule has 0 fully saturated rings. The first-order valence-electron chi connectivity index (χ1n) is 4.13. The van der Waals surface area contributed by atoms with Crippen LogP contribution in [0.1, 0.15) is 11.5 Å². The Labute approximate surface area is 79.4 Å². The lowest BCUT2D eigenvalue weighted by Crippen LogP contribution is -1.99. The summed E-state index contributed by atoms with van der Waals surface area (Å²) < 4.78 is 10.7. The molecule has 1 N–H and O–H groups in total. The van der Waals surface area contributed by atoms with Crippen molar-refractivity contribution in [2.75, 3.05) is 0 Å². The van der Waals surface area contributed by atoms with Crippen LogP contribution in [0.2, 0.25) is 0 Å². The molecule has 0 radical (unpaired) electrons. The smallest absolute Gasteiger partial charge is 0.266 e. The van der Waals surface area contributed by atoms with Crippen LogP contribution >= 0.6 is 12.2 Å². The lowest BCUT2D eigenvalue weighted by Gasteiger charge is -2.07. The van der Waals surface area contributed by atoms with Crippen molar-refractivity contribution in [2.24, 2.45) is 0 Å². The molecule has 66 valence electrons. The predicted octanol–water partition coefficient (Wildman–Crippen LogP) is 2.70. The molecule has 1 aliphatic carbocycles. The van der Waals surface area contributed by atoms with Crippen molar-refractivity contribution in [3.8, 4) is 11.3 Å². The molecule has 0 aromatic carbocycles. The number of oxazole rings is 1. The number of aromatic nitrogens is 1. The van der Waals surface area contributed by atoms with E-state index in [9.17, 15) is 0 Å². The van der Waals surface area contributed by atoms with E-state index in [0.29, 0.717) is 4.84 Å². The first-order chi connectivity index (χ1) is 6.34. The van der Waals surface area contributed by atoms with E-state index < -0.39 is 0 Å². The third-order valence-electron chi connectivity index (χ3n) is 2.32. The van der Waals surface area contributed by atoms with Crippen LogP contribution in [0.5, 0.6) is 0 Å². The van der Waals surface area contributed by atoms with Crippen LogP contribution in [0.4, 0.5) is 0 Å². The van der Waals surface area contributed by atoms with Crippen molar-refractivity contribution in [2.45, 2.75) is 12.8 Å². The van der Waals surface area contributed by atoms with Gasteiger partial charge in [-0.2, -0.15) is 0 Å². The van der Waals surface area contributed by atoms with Crippen molar-refractivity contribution in [1.29, 1.82) is 0 Å². The minimum Gasteiger partial charge on any atom is -0.469 e. The molecule has 2 aromatic heterocycles. The highest BCUT2D eigenvalue weighted by molar-refractivity contribution is 7.71. The molecule has 0 unspecified atom stereocenters. The Morgan fingerprint density at radius 2 is 2.15 bits per heavy atom. The van der Waals surface area contributed by atoms with Gasteiger partial charge in [0.1, 0.15) is 11.5 Å². The number of aryl methyl sites for hydroxylation is 2. The maximum absolute atomic E-state index is 5.35. The van der Waals surface area contributed by atoms with Gasteiger partial charge in [0.25, 0.3) is 4.84 Å². The molecular formula is C9H7NO2S. The summed E-state index contributed by atoms with van der Waals surface area (Å²) in [5.41, 5.74) is 2.07. The van der Waals surface area contributed by atoms with Crippen LogP contribution in [0.3, 0.4) is 0 Å². The monoisotopic (exact) mass is 193 g/mol. The van der Waals surface area contributed by atoms with Gasteiger partial charge in [0.05, 0.1) is 12.0 Å². The number of furan rings is 1. The largest absolute Gasteiger partial charge is 0.469 e. The molecule has 0 saturated heterocycles. The van der Waals surface area contributed by atoms with Crippen molar-refractivity contribution in [3.63, 3.8) is 0 Å². The average Bonchev–Trinajstić information content (AvgIpc) is 2.65. The predicted molar refractivity (Wildman–Crippen MR) is 49.0 cm³/mol. The number of fused-ring (bicyclic) bond motifs is 3. The third-order valence-corrected chi connectivity index (χ3v) is 2.50. The molecule has 0 amide bonds. The number of hydrogen-bond donors (Lipinski definition) is 1. The van der Waals surface area contributed by atoms with Crippen LogP contribution in [0.15, 0.2) is 21.2 Å². The van der Waals surface area contributed by atoms with Crippen molar-refractivity contribution in [1.82, 2.24) is 4.98 Å². The zero-order valence-electron chi connectivity index (χ0n) is 6.79. The summed E-state index contributed by atoms with van der Waals surface area (Å²) in [6.45, 7) is 0. The van der Waals surface area contributed by atoms with Crippen LogP contribution in [-0.2, 0) is 12.8 Å². The Morgan fingerprint density at radius 3 is 3.08 bits per heavy atom. The van der Waals surface area contributed by atoms with E-state index in [1.165, 1.54) is 0 Å². The fourth-order valence-corrected chi connectivity index (χ4v) is 1.94. The van der Waals surface area contributed by atoms with Gasteiger partial charge in [0.2, 0.25) is 0 Å². The molecule has 0 atom stereocenters. The van der Waals surface area contributed by atoms with Crippen LogP contribution in [0, 0.1) is 4.84 Å². The van der Waals surface area contributed by atoms with E-state index in [1.807, 2.05) is 6.07 Å². The standard InChI is InChI=1S/C9H7NO2S/c13-9-10-8-5-3-4-11-6(5)1-2-7(8)12-9/h3-4H,1-2H2,(H,10,13). The Hall–Kier alpha value is -1.29. The summed E-state index contributed by atoms with van der Waals surface area (Å²) in [6, 6.07) is 1.94. The second kappa shape index (κ2) is 2.35. The van der Waals surface area contributed by atoms with Crippen LogP contribution in [-0.4, -0.2) is 4.98 Å². The maximum Gasteiger partial charge on any atom is 0.266 e. The molecule has 2 aromatic rings. The van der Waals surface area contributed by atoms with E-state index >= 15 is 0 Å². The van der Waals surface area contributed by atoms with E-state index in [4.69, 9.17) is 21.1 Å². The number of rotatable bonds is 0. The molecular weight excluding hydrogens is 186 g/mol. The summed E-state index contributed by atoms with van der Waals surface area (Å²) in [7, 11) is 0. The Morgan fingerprint density at radius 1 is 1.31 bits per heavy atom. The summed E-state index contributed by atoms with van der Waals surface area (Å²) in [4.78, 5) is 3.47. The van der Waals surface area contributed by atoms with Crippen LogP contribution < -0.4 is 0 Å². The fraction of sp³-hybridized carbons (Fsp3) is 0.222. The van der Waals surface area contributed by atoms with E-state index in [0.717, 1.165) is 35.6 Å². The Balaban J connectivity index is 2.35. The van der Waals surface area contributed by atoms with Gasteiger partial charge in [-0.1, -0.05) is 0 Å². The molecule has 13 heavy (non-hydrogen) atoms. The Kier molecular flexibility index (Phi) is 1.29. The average molecular weight is 193 g/mol. The molecule has 0 saturated carbocycles. The molecule has 3 nitrogen and oxygen atoms in total. The van der Waals surface area contributed by atoms with Gasteiger partial charge >= 0.3 is 0 Å². The molecule has 0 spiro atoms. The number of H-pyrrole nitrogens is 1. The van der Waals surface area contributed by atoms with Gasteiger partial charge in [-0.25, -0.2) is 0 Å². The molecule has 0 bridgehead atoms. The second-order valence-corrected chi connectivity index (χ2v) is 3.44. The highest BCUT2D eigenvalue weighted by atomic mass is 32.1. The highest BCUT2D eigenvalue weighted by Gasteiger charge is 2.21. The van der Waals surface area contributed by atoms with Gasteiger partial charge < -0.3 is 13.8 Å². The zero-order chi connectivity index (χ0) is 8.84. The van der Waals surface area contributed by atoms with Gasteiger partial charge in [-0.3, -0.25) is 0 Å². The number of aromatic amines is 1. The number of hydrogen-bond acceptors (Lipinski definition) is 3. The van der Waals surface area contributed by atoms with Gasteiger partial charge in [0, 0.05) is 18.4 Å². The number of nitrogens with one attached hydrogen (secondary N) is 1. The Bertz CT molecular complexity index is 506. The van der Waals surface area contributed by atoms with Gasteiger partial charge in [0.15, 0.2) is 0 Å². The van der Waals surface area contributed by atoms with Crippen molar-refractivity contribution >= 4 is 12.2 Å². The van der Waals surface area contributed by atoms with E-state index in [1.54, 1.807) is 6.26 Å². The maximum atomic E-state index is 5.35. The van der Waals surface area contributed by atoms with Gasteiger partial charge in [-0.05, 0) is 18.3 Å². The molecule has 2 heterocycles. The summed E-state index contributed by atoms with van der Waals surface area (Å²) in [5.74, 6) is 1.96. The lowest BCUT2D eigenvalue weighted by atomic mass is 10.0. The fourth-order valence-electron chi connectivity index (χ4n) is 1.74. The molecule has 3 rings (SSSR count). The lowest BCUT2D eigenvalue weighted by molar-refractivity contribution is 0.462. The highest BCUT2D eigenvalue weighted by Crippen LogP contribution is 2.33.